The SMILES string of the molecule is O=C(COc1ccc(Cl)c(F)c1)NC1CC2(C(=O)NCCC3=C=CC(C(F)(F)F)CC3)CCC12. The van der Waals surface area contributed by atoms with Crippen molar-refractivity contribution >= 4 is 23.4 Å². The molecule has 10 heteroatoms. The van der Waals surface area contributed by atoms with E-state index in [0.717, 1.165) is 30.6 Å². The molecule has 0 bridgehead atoms. The van der Waals surface area contributed by atoms with E-state index >= 15 is 0 Å². The van der Waals surface area contributed by atoms with Gasteiger partial charge in [0.05, 0.1) is 16.4 Å². The number of ether oxygens (including phenoxy) is 1. The molecule has 2 saturated carbocycles. The Bertz CT molecular complexity index is 1040. The Hall–Kier alpha value is -2.51. The van der Waals surface area contributed by atoms with E-state index in [0.29, 0.717) is 25.8 Å². The van der Waals surface area contributed by atoms with Gasteiger partial charge in [0, 0.05) is 18.7 Å². The Morgan fingerprint density at radius 2 is 2.06 bits per heavy atom. The molecule has 0 aliphatic heterocycles. The standard InChI is InChI=1S/C24H25ClF4N2O3/c25-18-6-5-16(11-19(18)26)34-13-21(32)31-20-12-23(9-7-17(20)23)22(33)30-10-8-14-1-3-15(4-2-14)24(27,28)29/h4-6,11,15,17,20H,1,3,7-10,12-13H2,(H,30,33)(H,31,32). The third-order valence-electron chi connectivity index (χ3n) is 7.12. The molecule has 2 N–H and O–H groups in total. The van der Waals surface area contributed by atoms with Gasteiger partial charge < -0.3 is 15.4 Å². The maximum atomic E-state index is 13.5. The van der Waals surface area contributed by atoms with Crippen LogP contribution in [0.2, 0.25) is 5.02 Å². The number of alkyl halides is 3. The zero-order valence-electron chi connectivity index (χ0n) is 18.3. The van der Waals surface area contributed by atoms with Gasteiger partial charge in [-0.3, -0.25) is 9.59 Å². The molecule has 34 heavy (non-hydrogen) atoms. The Balaban J connectivity index is 1.19. The van der Waals surface area contributed by atoms with E-state index in [9.17, 15) is 27.2 Å². The molecule has 0 saturated heterocycles. The molecule has 184 valence electrons. The highest BCUT2D eigenvalue weighted by molar-refractivity contribution is 6.30. The maximum absolute atomic E-state index is 13.5. The molecule has 0 radical (unpaired) electrons. The fraction of sp³-hybridized carbons (Fsp3) is 0.542. The number of fused-ring (bicyclic) bond motifs is 1. The van der Waals surface area contributed by atoms with Gasteiger partial charge in [0.15, 0.2) is 6.61 Å². The van der Waals surface area contributed by atoms with E-state index in [-0.39, 0.29) is 47.6 Å². The number of carbonyl (C=O) groups excluding carboxylic acids is 2. The summed E-state index contributed by atoms with van der Waals surface area (Å²) in [5.41, 5.74) is 3.02. The Labute approximate surface area is 199 Å². The molecule has 4 unspecified atom stereocenters. The first-order valence-electron chi connectivity index (χ1n) is 11.3. The number of nitrogens with one attached hydrogen (secondary N) is 2. The lowest BCUT2D eigenvalue weighted by Gasteiger charge is -2.61. The summed E-state index contributed by atoms with van der Waals surface area (Å²) in [6.07, 6.45) is -0.250. The van der Waals surface area contributed by atoms with E-state index in [4.69, 9.17) is 16.3 Å². The molecule has 3 aliphatic carbocycles. The summed E-state index contributed by atoms with van der Waals surface area (Å²) in [5.74, 6) is -2.26. The molecule has 5 nitrogen and oxygen atoms in total. The third kappa shape index (κ3) is 5.10. The van der Waals surface area contributed by atoms with Gasteiger partial charge >= 0.3 is 6.18 Å². The number of carbonyl (C=O) groups is 2. The second-order valence-electron chi connectivity index (χ2n) is 9.15. The van der Waals surface area contributed by atoms with Crippen LogP contribution in [0.4, 0.5) is 17.6 Å². The number of hydrogen-bond acceptors (Lipinski definition) is 3. The van der Waals surface area contributed by atoms with Crippen molar-refractivity contribution in [2.75, 3.05) is 13.2 Å². The molecule has 2 amide bonds. The van der Waals surface area contributed by atoms with Crippen molar-refractivity contribution in [2.45, 2.75) is 50.7 Å². The van der Waals surface area contributed by atoms with Crippen LogP contribution in [0.15, 0.2) is 35.6 Å². The summed E-state index contributed by atoms with van der Waals surface area (Å²) in [6, 6.07) is 3.80. The minimum Gasteiger partial charge on any atom is -0.484 e. The molecule has 2 fully saturated rings. The zero-order chi connectivity index (χ0) is 24.5. The number of hydrogen-bond donors (Lipinski definition) is 2. The third-order valence-corrected chi connectivity index (χ3v) is 7.43. The molecule has 0 aromatic heterocycles. The molecule has 4 atom stereocenters. The van der Waals surface area contributed by atoms with Crippen molar-refractivity contribution in [3.8, 4) is 5.75 Å². The van der Waals surface area contributed by atoms with Crippen LogP contribution >= 0.6 is 11.6 Å². The monoisotopic (exact) mass is 500 g/mol. The van der Waals surface area contributed by atoms with E-state index < -0.39 is 23.3 Å². The smallest absolute Gasteiger partial charge is 0.395 e. The van der Waals surface area contributed by atoms with Gasteiger partial charge in [-0.1, -0.05) is 11.6 Å². The van der Waals surface area contributed by atoms with Gasteiger partial charge in [0.1, 0.15) is 11.6 Å². The van der Waals surface area contributed by atoms with Crippen LogP contribution in [0.3, 0.4) is 0 Å². The van der Waals surface area contributed by atoms with Crippen LogP contribution in [-0.2, 0) is 9.59 Å². The largest absolute Gasteiger partial charge is 0.484 e. The summed E-state index contributed by atoms with van der Waals surface area (Å²) in [5, 5.41) is 5.75. The van der Waals surface area contributed by atoms with Gasteiger partial charge in [-0.15, -0.1) is 5.73 Å². The Morgan fingerprint density at radius 3 is 2.65 bits per heavy atom. The van der Waals surface area contributed by atoms with Crippen LogP contribution in [0.1, 0.15) is 38.5 Å². The Morgan fingerprint density at radius 1 is 1.26 bits per heavy atom. The molecule has 4 rings (SSSR count). The lowest BCUT2D eigenvalue weighted by atomic mass is 9.44. The first-order chi connectivity index (χ1) is 16.1. The highest BCUT2D eigenvalue weighted by Gasteiger charge is 2.64. The summed E-state index contributed by atoms with van der Waals surface area (Å²) in [7, 11) is 0. The lowest BCUT2D eigenvalue weighted by molar-refractivity contribution is -0.166. The van der Waals surface area contributed by atoms with Crippen molar-refractivity contribution in [2.24, 2.45) is 17.3 Å². The predicted molar refractivity (Wildman–Crippen MR) is 117 cm³/mol. The van der Waals surface area contributed by atoms with Crippen molar-refractivity contribution < 1.29 is 31.9 Å². The van der Waals surface area contributed by atoms with Crippen molar-refractivity contribution in [3.63, 3.8) is 0 Å². The van der Waals surface area contributed by atoms with Crippen LogP contribution < -0.4 is 15.4 Å². The molecule has 1 aromatic carbocycles. The van der Waals surface area contributed by atoms with Crippen molar-refractivity contribution in [1.29, 1.82) is 0 Å². The number of amides is 2. The highest BCUT2D eigenvalue weighted by atomic mass is 35.5. The number of benzene rings is 1. The van der Waals surface area contributed by atoms with Gasteiger partial charge in [-0.2, -0.15) is 13.2 Å². The van der Waals surface area contributed by atoms with Crippen molar-refractivity contribution in [3.05, 3.63) is 46.4 Å². The topological polar surface area (TPSA) is 67.4 Å². The molecule has 0 spiro atoms. The van der Waals surface area contributed by atoms with Crippen LogP contribution in [-0.4, -0.2) is 37.2 Å². The van der Waals surface area contributed by atoms with Gasteiger partial charge in [0.25, 0.3) is 5.91 Å². The Kier molecular flexibility index (Phi) is 6.97. The van der Waals surface area contributed by atoms with E-state index in [1.807, 2.05) is 0 Å². The summed E-state index contributed by atoms with van der Waals surface area (Å²) >= 11 is 5.62. The fourth-order valence-electron chi connectivity index (χ4n) is 5.03. The number of halogens is 5. The first-order valence-corrected chi connectivity index (χ1v) is 11.6. The summed E-state index contributed by atoms with van der Waals surface area (Å²) in [6.45, 7) is 0.0734. The second kappa shape index (κ2) is 9.62. The lowest BCUT2D eigenvalue weighted by Crippen LogP contribution is -2.69. The second-order valence-corrected chi connectivity index (χ2v) is 9.56. The van der Waals surface area contributed by atoms with Crippen LogP contribution in [0.25, 0.3) is 0 Å². The van der Waals surface area contributed by atoms with Crippen molar-refractivity contribution in [1.82, 2.24) is 10.6 Å². The normalized spacial score (nSPS) is 27.6. The minimum atomic E-state index is -4.23. The quantitative estimate of drug-likeness (QED) is 0.401. The fourth-order valence-corrected chi connectivity index (χ4v) is 5.14. The summed E-state index contributed by atoms with van der Waals surface area (Å²) < 4.78 is 56.9. The average molecular weight is 501 g/mol. The molecular formula is C24H25ClF4N2O3. The van der Waals surface area contributed by atoms with Gasteiger partial charge in [-0.05, 0) is 68.2 Å². The molecule has 3 aliphatic rings. The molecule has 1 aromatic rings. The average Bonchev–Trinajstić information content (AvgIpc) is 2.77. The predicted octanol–water partition coefficient (Wildman–Crippen LogP) is 4.70. The number of rotatable bonds is 8. The van der Waals surface area contributed by atoms with Gasteiger partial charge in [-0.25, -0.2) is 4.39 Å². The van der Waals surface area contributed by atoms with E-state index in [1.54, 1.807) is 0 Å². The van der Waals surface area contributed by atoms with Crippen LogP contribution in [0, 0.1) is 23.1 Å². The van der Waals surface area contributed by atoms with Gasteiger partial charge in [0.2, 0.25) is 5.91 Å². The van der Waals surface area contributed by atoms with E-state index in [1.165, 1.54) is 12.1 Å². The minimum absolute atomic E-state index is 0.0177. The first kappa shape index (κ1) is 24.6. The maximum Gasteiger partial charge on any atom is 0.395 e. The highest BCUT2D eigenvalue weighted by Crippen LogP contribution is 2.61. The molecular weight excluding hydrogens is 476 g/mol. The summed E-state index contributed by atoms with van der Waals surface area (Å²) in [4.78, 5) is 25.0. The molecule has 0 heterocycles. The van der Waals surface area contributed by atoms with E-state index in [2.05, 4.69) is 16.4 Å². The zero-order valence-corrected chi connectivity index (χ0v) is 19.1. The van der Waals surface area contributed by atoms with Crippen LogP contribution in [0.5, 0.6) is 5.75 Å².